The van der Waals surface area contributed by atoms with Crippen molar-refractivity contribution in [2.75, 3.05) is 19.6 Å². The summed E-state index contributed by atoms with van der Waals surface area (Å²) in [5.74, 6) is -0.0145. The van der Waals surface area contributed by atoms with E-state index in [1.54, 1.807) is 34.6 Å². The van der Waals surface area contributed by atoms with E-state index >= 15 is 0 Å². The lowest BCUT2D eigenvalue weighted by Gasteiger charge is -2.43. The summed E-state index contributed by atoms with van der Waals surface area (Å²) in [6, 6.07) is 24.7. The fourth-order valence-corrected chi connectivity index (χ4v) is 6.81. The van der Waals surface area contributed by atoms with Crippen molar-refractivity contribution < 1.29 is 8.42 Å². The molecule has 0 spiro atoms. The number of hydrogen-bond donors (Lipinski definition) is 0. The van der Waals surface area contributed by atoms with Crippen LogP contribution in [0.2, 0.25) is 5.02 Å². The van der Waals surface area contributed by atoms with Crippen LogP contribution in [0.15, 0.2) is 121 Å². The molecule has 0 aliphatic carbocycles. The van der Waals surface area contributed by atoms with Crippen LogP contribution in [0.25, 0.3) is 11.1 Å². The highest BCUT2D eigenvalue weighted by Gasteiger charge is 2.39. The van der Waals surface area contributed by atoms with Gasteiger partial charge >= 0.3 is 0 Å². The number of benzene rings is 3. The van der Waals surface area contributed by atoms with Crippen molar-refractivity contribution in [3.63, 3.8) is 0 Å². The smallest absolute Gasteiger partial charge is 0.243 e. The standard InChI is InChI=1S/C31H33ClN2O2S/c1-3-5-12-27(11-4-2)31-24-33(21-22-34(31)37(35,36)28-13-7-6-8-14-28)23-25-17-19-26(20-18-25)29-15-9-10-16-30(29)32/h3-10,12-20,27,31H,1-2,11,21-24H2/b12-5-/t27?,31-/m0/s1. The molecule has 4 rings (SSSR count). The molecule has 1 aliphatic rings. The van der Waals surface area contributed by atoms with Gasteiger partial charge in [-0.15, -0.1) is 6.58 Å². The summed E-state index contributed by atoms with van der Waals surface area (Å²) >= 11 is 6.38. The predicted molar refractivity (Wildman–Crippen MR) is 154 cm³/mol. The van der Waals surface area contributed by atoms with Crippen LogP contribution in [-0.2, 0) is 16.6 Å². The Kier molecular flexibility index (Phi) is 9.17. The zero-order chi connectivity index (χ0) is 26.3. The van der Waals surface area contributed by atoms with Gasteiger partial charge in [-0.2, -0.15) is 4.31 Å². The van der Waals surface area contributed by atoms with Crippen LogP contribution in [0.1, 0.15) is 12.0 Å². The van der Waals surface area contributed by atoms with E-state index in [1.807, 2.05) is 42.5 Å². The first kappa shape index (κ1) is 27.1. The third kappa shape index (κ3) is 6.49. The molecular formula is C31H33ClN2O2S. The summed E-state index contributed by atoms with van der Waals surface area (Å²) in [4.78, 5) is 2.66. The summed E-state index contributed by atoms with van der Waals surface area (Å²) in [6.45, 7) is 10.2. The van der Waals surface area contributed by atoms with Crippen molar-refractivity contribution in [2.24, 2.45) is 5.92 Å². The van der Waals surface area contributed by atoms with Crippen molar-refractivity contribution in [3.8, 4) is 11.1 Å². The largest absolute Gasteiger partial charge is 0.296 e. The maximum atomic E-state index is 13.7. The van der Waals surface area contributed by atoms with Crippen molar-refractivity contribution in [2.45, 2.75) is 23.9 Å². The van der Waals surface area contributed by atoms with Crippen molar-refractivity contribution in [3.05, 3.63) is 127 Å². The molecular weight excluding hydrogens is 500 g/mol. The molecule has 0 saturated carbocycles. The molecule has 1 fully saturated rings. The van der Waals surface area contributed by atoms with Gasteiger partial charge in [0.1, 0.15) is 0 Å². The van der Waals surface area contributed by atoms with Crippen LogP contribution in [-0.4, -0.2) is 43.3 Å². The lowest BCUT2D eigenvalue weighted by atomic mass is 9.93. The quantitative estimate of drug-likeness (QED) is 0.212. The SMILES string of the molecule is C=C/C=C\C(CC=C)[C@@H]1CN(Cc2ccc(-c3ccccc3Cl)cc2)CCN1S(=O)(=O)c1ccccc1. The Balaban J connectivity index is 1.57. The van der Waals surface area contributed by atoms with Crippen molar-refractivity contribution >= 4 is 21.6 Å². The predicted octanol–water partition coefficient (Wildman–Crippen LogP) is 6.82. The zero-order valence-electron chi connectivity index (χ0n) is 20.9. The van der Waals surface area contributed by atoms with E-state index in [9.17, 15) is 8.42 Å². The molecule has 192 valence electrons. The Labute approximate surface area is 226 Å². The molecule has 6 heteroatoms. The van der Waals surface area contributed by atoms with Crippen LogP contribution in [0, 0.1) is 5.92 Å². The monoisotopic (exact) mass is 532 g/mol. The Hall–Kier alpha value is -2.96. The summed E-state index contributed by atoms with van der Waals surface area (Å²) < 4.78 is 29.0. The fourth-order valence-electron chi connectivity index (χ4n) is 4.89. The molecule has 4 nitrogen and oxygen atoms in total. The third-order valence-electron chi connectivity index (χ3n) is 6.77. The van der Waals surface area contributed by atoms with E-state index in [4.69, 9.17) is 11.6 Å². The van der Waals surface area contributed by atoms with Crippen LogP contribution in [0.5, 0.6) is 0 Å². The minimum Gasteiger partial charge on any atom is -0.296 e. The van der Waals surface area contributed by atoms with Crippen molar-refractivity contribution in [1.29, 1.82) is 0 Å². The maximum absolute atomic E-state index is 13.7. The van der Waals surface area contributed by atoms with Crippen LogP contribution in [0.3, 0.4) is 0 Å². The summed E-state index contributed by atoms with van der Waals surface area (Å²) in [5, 5.41) is 0.731. The number of piperazine rings is 1. The van der Waals surface area contributed by atoms with E-state index in [2.05, 4.69) is 48.4 Å². The molecule has 0 aromatic heterocycles. The Bertz CT molecular complexity index is 1340. The molecule has 0 N–H and O–H groups in total. The highest BCUT2D eigenvalue weighted by molar-refractivity contribution is 7.89. The molecule has 37 heavy (non-hydrogen) atoms. The first-order chi connectivity index (χ1) is 17.9. The van der Waals surface area contributed by atoms with Crippen LogP contribution in [0.4, 0.5) is 0 Å². The minimum atomic E-state index is -3.64. The lowest BCUT2D eigenvalue weighted by molar-refractivity contribution is 0.106. The summed E-state index contributed by atoms with van der Waals surface area (Å²) in [5.41, 5.74) is 3.26. The maximum Gasteiger partial charge on any atom is 0.243 e. The summed E-state index contributed by atoms with van der Waals surface area (Å²) in [6.07, 6.45) is 8.21. The number of nitrogens with zero attached hydrogens (tertiary/aromatic N) is 2. The normalized spacial score (nSPS) is 18.0. The average molecular weight is 533 g/mol. The van der Waals surface area contributed by atoms with Gasteiger partial charge in [-0.1, -0.05) is 103 Å². The number of hydrogen-bond acceptors (Lipinski definition) is 3. The third-order valence-corrected chi connectivity index (χ3v) is 9.04. The highest BCUT2D eigenvalue weighted by Crippen LogP contribution is 2.30. The lowest BCUT2D eigenvalue weighted by Crippen LogP contribution is -2.57. The van der Waals surface area contributed by atoms with Gasteiger partial charge in [0, 0.05) is 42.8 Å². The molecule has 1 heterocycles. The van der Waals surface area contributed by atoms with Gasteiger partial charge in [-0.25, -0.2) is 8.42 Å². The van der Waals surface area contributed by atoms with E-state index in [0.717, 1.165) is 22.7 Å². The Morgan fingerprint density at radius 3 is 2.32 bits per heavy atom. The highest BCUT2D eigenvalue weighted by atomic mass is 35.5. The van der Waals surface area contributed by atoms with E-state index < -0.39 is 10.0 Å². The molecule has 1 saturated heterocycles. The van der Waals surface area contributed by atoms with E-state index in [1.165, 1.54) is 5.56 Å². The second-order valence-corrected chi connectivity index (χ2v) is 11.5. The minimum absolute atomic E-state index is 0.0145. The molecule has 1 unspecified atom stereocenters. The second kappa shape index (κ2) is 12.5. The topological polar surface area (TPSA) is 40.6 Å². The Morgan fingerprint density at radius 2 is 1.65 bits per heavy atom. The molecule has 3 aromatic carbocycles. The first-order valence-electron chi connectivity index (χ1n) is 12.5. The average Bonchev–Trinajstić information content (AvgIpc) is 2.92. The van der Waals surface area contributed by atoms with Crippen molar-refractivity contribution in [1.82, 2.24) is 9.21 Å². The van der Waals surface area contributed by atoms with E-state index in [0.29, 0.717) is 31.0 Å². The van der Waals surface area contributed by atoms with Gasteiger partial charge in [0.05, 0.1) is 4.90 Å². The Morgan fingerprint density at radius 1 is 0.946 bits per heavy atom. The van der Waals surface area contributed by atoms with Crippen LogP contribution < -0.4 is 0 Å². The first-order valence-corrected chi connectivity index (χ1v) is 14.3. The van der Waals surface area contributed by atoms with Gasteiger partial charge in [0.2, 0.25) is 10.0 Å². The van der Waals surface area contributed by atoms with Gasteiger partial charge in [-0.05, 0) is 41.7 Å². The fraction of sp³-hybridized carbons (Fsp3) is 0.226. The van der Waals surface area contributed by atoms with Gasteiger partial charge in [0.25, 0.3) is 0 Å². The van der Waals surface area contributed by atoms with Gasteiger partial charge in [0.15, 0.2) is 0 Å². The molecule has 1 aliphatic heterocycles. The zero-order valence-corrected chi connectivity index (χ0v) is 22.5. The number of allylic oxidation sites excluding steroid dienone is 3. The van der Waals surface area contributed by atoms with Gasteiger partial charge < -0.3 is 0 Å². The second-order valence-electron chi connectivity index (χ2n) is 9.22. The number of sulfonamides is 1. The number of rotatable bonds is 10. The summed E-state index contributed by atoms with van der Waals surface area (Å²) in [7, 11) is -3.64. The molecule has 3 aromatic rings. The number of halogens is 1. The van der Waals surface area contributed by atoms with Gasteiger partial charge in [-0.3, -0.25) is 4.90 Å². The molecule has 2 atom stereocenters. The van der Waals surface area contributed by atoms with E-state index in [-0.39, 0.29) is 12.0 Å². The van der Waals surface area contributed by atoms with Crippen LogP contribution >= 0.6 is 11.6 Å². The molecule has 0 amide bonds. The molecule has 0 bridgehead atoms. The molecule has 0 radical (unpaired) electrons.